The molecule has 1 fully saturated rings. The number of nitrogens with zero attached hydrogens (tertiary/aromatic N) is 5. The summed E-state index contributed by atoms with van der Waals surface area (Å²) in [5.41, 5.74) is 10.5. The van der Waals surface area contributed by atoms with E-state index in [0.29, 0.717) is 27.2 Å². The van der Waals surface area contributed by atoms with Crippen LogP contribution in [-0.2, 0) is 0 Å². The van der Waals surface area contributed by atoms with Crippen LogP contribution in [-0.4, -0.2) is 44.8 Å². The van der Waals surface area contributed by atoms with E-state index in [1.165, 1.54) is 17.7 Å². The molecule has 0 bridgehead atoms. The van der Waals surface area contributed by atoms with Crippen molar-refractivity contribution in [2.45, 2.75) is 18.9 Å². The van der Waals surface area contributed by atoms with Gasteiger partial charge in [-0.2, -0.15) is 5.10 Å². The van der Waals surface area contributed by atoms with Crippen LogP contribution in [0.2, 0.25) is 4.34 Å². The number of nitrogens with two attached hydrogens (primary N) is 1. The Morgan fingerprint density at radius 3 is 3.03 bits per heavy atom. The summed E-state index contributed by atoms with van der Waals surface area (Å²) in [5, 5.41) is 12.4. The molecule has 1 saturated heterocycles. The Bertz CT molecular complexity index is 1520. The number of amides is 1. The number of anilines is 2. The summed E-state index contributed by atoms with van der Waals surface area (Å²) in [4.78, 5) is 19.8. The van der Waals surface area contributed by atoms with Crippen molar-refractivity contribution in [1.82, 2.24) is 25.1 Å². The third kappa shape index (κ3) is 3.64. The average Bonchev–Trinajstić information content (AvgIpc) is 3.57. The van der Waals surface area contributed by atoms with Crippen LogP contribution in [0.25, 0.3) is 27.7 Å². The van der Waals surface area contributed by atoms with Crippen molar-refractivity contribution >= 4 is 56.8 Å². The summed E-state index contributed by atoms with van der Waals surface area (Å²) in [6, 6.07) is 11.5. The van der Waals surface area contributed by atoms with Gasteiger partial charge in [0.1, 0.15) is 11.8 Å². The summed E-state index contributed by atoms with van der Waals surface area (Å²) in [5.74, 6) is 0.297. The molecular weight excluding hydrogens is 474 g/mol. The van der Waals surface area contributed by atoms with Gasteiger partial charge in [0.15, 0.2) is 11.4 Å². The van der Waals surface area contributed by atoms with Crippen molar-refractivity contribution in [3.05, 3.63) is 58.1 Å². The van der Waals surface area contributed by atoms with Gasteiger partial charge in [-0.15, -0.1) is 11.3 Å². The molecule has 1 amide bonds. The fourth-order valence-corrected chi connectivity index (χ4v) is 5.47. The number of carbonyl (C=O) groups excluding carboxylic acids is 1. The first-order chi connectivity index (χ1) is 16.6. The SMILES string of the molecule is Nc1ncnn2c(-c3ccc4cnoc4c3)cc(N3CCC[C@@H](NC(=O)c4ccc(Cl)s4)C3)c12. The third-order valence-electron chi connectivity index (χ3n) is 6.11. The average molecular weight is 494 g/mol. The molecule has 0 spiro atoms. The first kappa shape index (κ1) is 20.9. The number of hydrogen-bond acceptors (Lipinski definition) is 8. The number of carbonyl (C=O) groups is 1. The van der Waals surface area contributed by atoms with E-state index in [-0.39, 0.29) is 11.9 Å². The Labute approximate surface area is 203 Å². The highest BCUT2D eigenvalue weighted by Crippen LogP contribution is 2.36. The van der Waals surface area contributed by atoms with E-state index >= 15 is 0 Å². The van der Waals surface area contributed by atoms with Gasteiger partial charge in [-0.05, 0) is 43.2 Å². The molecule has 0 aliphatic carbocycles. The van der Waals surface area contributed by atoms with Gasteiger partial charge in [-0.3, -0.25) is 4.79 Å². The number of nitrogens with one attached hydrogen (secondary N) is 1. The summed E-state index contributed by atoms with van der Waals surface area (Å²) in [6.45, 7) is 1.49. The second-order valence-corrected chi connectivity index (χ2v) is 9.98. The minimum atomic E-state index is -0.102. The van der Waals surface area contributed by atoms with E-state index in [1.807, 2.05) is 22.7 Å². The maximum Gasteiger partial charge on any atom is 0.261 e. The summed E-state index contributed by atoms with van der Waals surface area (Å²) < 4.78 is 7.76. The fourth-order valence-electron chi connectivity index (χ4n) is 4.52. The molecule has 1 aliphatic heterocycles. The van der Waals surface area contributed by atoms with Crippen LogP contribution < -0.4 is 16.0 Å². The lowest BCUT2D eigenvalue weighted by molar-refractivity contribution is 0.0937. The van der Waals surface area contributed by atoms with Crippen molar-refractivity contribution in [3.8, 4) is 11.3 Å². The van der Waals surface area contributed by atoms with Crippen LogP contribution in [0.1, 0.15) is 22.5 Å². The zero-order valence-corrected chi connectivity index (χ0v) is 19.5. The molecule has 1 aliphatic rings. The molecule has 1 atom stereocenters. The highest BCUT2D eigenvalue weighted by molar-refractivity contribution is 7.18. The predicted octanol–water partition coefficient (Wildman–Crippen LogP) is 4.23. The maximum atomic E-state index is 12.7. The number of hydrogen-bond donors (Lipinski definition) is 2. The quantitative estimate of drug-likeness (QED) is 0.385. The molecule has 0 saturated carbocycles. The molecule has 0 unspecified atom stereocenters. The summed E-state index contributed by atoms with van der Waals surface area (Å²) >= 11 is 7.27. The van der Waals surface area contributed by atoms with E-state index < -0.39 is 0 Å². The number of thiophene rings is 1. The summed E-state index contributed by atoms with van der Waals surface area (Å²) in [6.07, 6.45) is 4.97. The first-order valence-electron chi connectivity index (χ1n) is 10.8. The van der Waals surface area contributed by atoms with Gasteiger partial charge in [-0.1, -0.05) is 22.8 Å². The summed E-state index contributed by atoms with van der Waals surface area (Å²) in [7, 11) is 0. The Morgan fingerprint density at radius 1 is 1.26 bits per heavy atom. The van der Waals surface area contributed by atoms with Crippen LogP contribution in [0.3, 0.4) is 0 Å². The van der Waals surface area contributed by atoms with Crippen LogP contribution in [0, 0.1) is 0 Å². The number of halogens is 1. The number of benzene rings is 1. The van der Waals surface area contributed by atoms with Crippen LogP contribution in [0.5, 0.6) is 0 Å². The van der Waals surface area contributed by atoms with Gasteiger partial charge in [0, 0.05) is 30.1 Å². The number of rotatable bonds is 4. The van der Waals surface area contributed by atoms with Crippen molar-refractivity contribution in [1.29, 1.82) is 0 Å². The lowest BCUT2D eigenvalue weighted by Crippen LogP contribution is -2.47. The van der Waals surface area contributed by atoms with E-state index in [1.54, 1.807) is 18.3 Å². The van der Waals surface area contributed by atoms with E-state index in [0.717, 1.165) is 47.2 Å². The lowest BCUT2D eigenvalue weighted by Gasteiger charge is -2.34. The zero-order valence-electron chi connectivity index (χ0n) is 17.9. The molecule has 0 radical (unpaired) electrons. The van der Waals surface area contributed by atoms with Crippen LogP contribution >= 0.6 is 22.9 Å². The van der Waals surface area contributed by atoms with E-state index in [2.05, 4.69) is 31.5 Å². The van der Waals surface area contributed by atoms with Crippen LogP contribution in [0.15, 0.2) is 53.4 Å². The van der Waals surface area contributed by atoms with Gasteiger partial charge >= 0.3 is 0 Å². The fraction of sp³-hybridized carbons (Fsp3) is 0.217. The second-order valence-electron chi connectivity index (χ2n) is 8.26. The van der Waals surface area contributed by atoms with Crippen molar-refractivity contribution in [2.24, 2.45) is 0 Å². The molecule has 172 valence electrons. The molecular formula is C23H20ClN7O2S. The van der Waals surface area contributed by atoms with Crippen molar-refractivity contribution in [3.63, 3.8) is 0 Å². The van der Waals surface area contributed by atoms with Gasteiger partial charge in [-0.25, -0.2) is 9.50 Å². The standard InChI is InChI=1S/C23H20ClN7O2S/c24-20-6-5-19(34-20)23(32)29-15-2-1-7-30(11-15)17-9-16(31-21(17)22(25)26-12-27-31)13-3-4-14-10-28-33-18(14)8-13/h3-6,8-10,12,15H,1-2,7,11H2,(H,29,32)(H2,25,26,27)/t15-/m1/s1. The topological polar surface area (TPSA) is 115 Å². The second kappa shape index (κ2) is 8.30. The monoisotopic (exact) mass is 493 g/mol. The molecule has 5 heterocycles. The smallest absolute Gasteiger partial charge is 0.261 e. The van der Waals surface area contributed by atoms with E-state index in [9.17, 15) is 4.79 Å². The lowest BCUT2D eigenvalue weighted by atomic mass is 10.0. The van der Waals surface area contributed by atoms with Gasteiger partial charge in [0.05, 0.1) is 26.8 Å². The predicted molar refractivity (Wildman–Crippen MR) is 132 cm³/mol. The van der Waals surface area contributed by atoms with Crippen molar-refractivity contribution in [2.75, 3.05) is 23.7 Å². The number of aromatic nitrogens is 4. The zero-order chi connectivity index (χ0) is 23.2. The largest absolute Gasteiger partial charge is 0.382 e. The van der Waals surface area contributed by atoms with Crippen molar-refractivity contribution < 1.29 is 9.32 Å². The number of piperidine rings is 1. The number of nitrogen functional groups attached to an aromatic ring is 1. The molecule has 4 aromatic heterocycles. The third-order valence-corrected chi connectivity index (χ3v) is 7.34. The first-order valence-corrected chi connectivity index (χ1v) is 12.0. The van der Waals surface area contributed by atoms with Gasteiger partial charge in [0.25, 0.3) is 5.91 Å². The Morgan fingerprint density at radius 2 is 2.18 bits per heavy atom. The highest BCUT2D eigenvalue weighted by Gasteiger charge is 2.26. The highest BCUT2D eigenvalue weighted by atomic mass is 35.5. The van der Waals surface area contributed by atoms with Crippen LogP contribution in [0.4, 0.5) is 11.5 Å². The molecule has 5 aromatic rings. The van der Waals surface area contributed by atoms with Gasteiger partial charge < -0.3 is 20.5 Å². The molecule has 9 nitrogen and oxygen atoms in total. The Balaban J connectivity index is 1.34. The van der Waals surface area contributed by atoms with E-state index in [4.69, 9.17) is 21.9 Å². The normalized spacial score (nSPS) is 16.4. The molecule has 1 aromatic carbocycles. The molecule has 3 N–H and O–H groups in total. The van der Waals surface area contributed by atoms with Gasteiger partial charge in [0.2, 0.25) is 0 Å². The minimum absolute atomic E-state index is 0.00285. The molecule has 6 rings (SSSR count). The molecule has 34 heavy (non-hydrogen) atoms. The maximum absolute atomic E-state index is 12.7. The molecule has 11 heteroatoms. The minimum Gasteiger partial charge on any atom is -0.382 e. The Kier molecular flexibility index (Phi) is 5.11. The number of fused-ring (bicyclic) bond motifs is 2. The Hall–Kier alpha value is -3.63.